The van der Waals surface area contributed by atoms with Crippen LogP contribution < -0.4 is 10.3 Å². The molecular weight excluding hydrogens is 327 g/mol. The van der Waals surface area contributed by atoms with Crippen LogP contribution >= 0.6 is 0 Å². The molecule has 24 heavy (non-hydrogen) atoms. The van der Waals surface area contributed by atoms with Crippen LogP contribution in [0.1, 0.15) is 17.7 Å². The molecule has 0 aromatic carbocycles. The van der Waals surface area contributed by atoms with Gasteiger partial charge in [0.25, 0.3) is 5.56 Å². The van der Waals surface area contributed by atoms with Gasteiger partial charge in [-0.1, -0.05) is 0 Å². The highest BCUT2D eigenvalue weighted by molar-refractivity contribution is 5.23. The van der Waals surface area contributed by atoms with Gasteiger partial charge in [-0.2, -0.15) is 13.2 Å². The maximum Gasteiger partial charge on any atom is 0.418 e. The third kappa shape index (κ3) is 3.73. The topological polar surface area (TPSA) is 66.2 Å². The summed E-state index contributed by atoms with van der Waals surface area (Å²) in [6.45, 7) is 0.597. The Morgan fingerprint density at radius 2 is 2.17 bits per heavy atom. The summed E-state index contributed by atoms with van der Waals surface area (Å²) in [6, 6.07) is 4.71. The van der Waals surface area contributed by atoms with E-state index in [9.17, 15) is 18.0 Å². The van der Waals surface area contributed by atoms with Gasteiger partial charge in [-0.25, -0.2) is 4.68 Å². The zero-order valence-electron chi connectivity index (χ0n) is 12.5. The fraction of sp³-hybridized carbons (Fsp3) is 0.400. The summed E-state index contributed by atoms with van der Waals surface area (Å²) in [5.74, 6) is 0.162. The number of hydrogen-bond donors (Lipinski definition) is 0. The molecule has 0 bridgehead atoms. The number of rotatable bonds is 4. The highest BCUT2D eigenvalue weighted by atomic mass is 19.4. The molecule has 6 nitrogen and oxygen atoms in total. The van der Waals surface area contributed by atoms with Crippen molar-refractivity contribution < 1.29 is 22.6 Å². The molecule has 1 aliphatic rings. The first-order chi connectivity index (χ1) is 11.4. The Kier molecular flexibility index (Phi) is 4.52. The van der Waals surface area contributed by atoms with Crippen molar-refractivity contribution in [1.29, 1.82) is 0 Å². The van der Waals surface area contributed by atoms with Gasteiger partial charge >= 0.3 is 6.18 Å². The standard InChI is InChI=1S/C15H14F3N3O3/c16-15(17,18)11-2-1-6-19-12(11)8-21-14(22)4-3-13(20-21)24-10-5-7-23-9-10/h1-4,6,10H,5,7-9H2. The Hall–Kier alpha value is -2.42. The Balaban J connectivity index is 1.86. The molecule has 0 N–H and O–H groups in total. The molecule has 1 atom stereocenters. The second kappa shape index (κ2) is 6.60. The third-order valence-corrected chi connectivity index (χ3v) is 3.51. The predicted octanol–water partition coefficient (Wildman–Crippen LogP) is 1.87. The van der Waals surface area contributed by atoms with E-state index in [0.29, 0.717) is 19.6 Å². The normalized spacial score (nSPS) is 17.9. The maximum absolute atomic E-state index is 13.0. The van der Waals surface area contributed by atoms with Crippen molar-refractivity contribution in [3.63, 3.8) is 0 Å². The monoisotopic (exact) mass is 341 g/mol. The van der Waals surface area contributed by atoms with E-state index in [1.807, 2.05) is 0 Å². The Morgan fingerprint density at radius 3 is 2.88 bits per heavy atom. The minimum atomic E-state index is -4.55. The van der Waals surface area contributed by atoms with Crippen LogP contribution in [-0.4, -0.2) is 34.1 Å². The predicted molar refractivity (Wildman–Crippen MR) is 76.7 cm³/mol. The van der Waals surface area contributed by atoms with Gasteiger partial charge in [0.2, 0.25) is 5.88 Å². The summed E-state index contributed by atoms with van der Waals surface area (Å²) < 4.78 is 50.7. The number of hydrogen-bond acceptors (Lipinski definition) is 5. The van der Waals surface area contributed by atoms with Crippen molar-refractivity contribution in [3.05, 3.63) is 52.1 Å². The zero-order valence-corrected chi connectivity index (χ0v) is 12.5. The molecular formula is C15H14F3N3O3. The summed E-state index contributed by atoms with van der Waals surface area (Å²) in [5.41, 5.74) is -1.71. The van der Waals surface area contributed by atoms with Gasteiger partial charge in [0, 0.05) is 24.8 Å². The van der Waals surface area contributed by atoms with Crippen molar-refractivity contribution in [2.45, 2.75) is 25.2 Å². The lowest BCUT2D eigenvalue weighted by Gasteiger charge is -2.14. The number of halogens is 3. The van der Waals surface area contributed by atoms with E-state index < -0.39 is 23.8 Å². The number of ether oxygens (including phenoxy) is 2. The van der Waals surface area contributed by atoms with E-state index in [1.54, 1.807) is 0 Å². The summed E-state index contributed by atoms with van der Waals surface area (Å²) in [5, 5.41) is 3.97. The van der Waals surface area contributed by atoms with Crippen LogP contribution in [0.2, 0.25) is 0 Å². The first-order valence-electron chi connectivity index (χ1n) is 7.27. The van der Waals surface area contributed by atoms with E-state index >= 15 is 0 Å². The number of pyridine rings is 1. The van der Waals surface area contributed by atoms with Crippen LogP contribution in [0.15, 0.2) is 35.3 Å². The molecule has 3 rings (SSSR count). The van der Waals surface area contributed by atoms with Crippen molar-refractivity contribution >= 4 is 0 Å². The second-order valence-corrected chi connectivity index (χ2v) is 5.27. The van der Waals surface area contributed by atoms with Gasteiger partial charge in [-0.15, -0.1) is 5.10 Å². The highest BCUT2D eigenvalue weighted by Gasteiger charge is 2.34. The number of aromatic nitrogens is 3. The fourth-order valence-electron chi connectivity index (χ4n) is 2.35. The van der Waals surface area contributed by atoms with Crippen molar-refractivity contribution in [1.82, 2.24) is 14.8 Å². The molecule has 1 unspecified atom stereocenters. The van der Waals surface area contributed by atoms with E-state index in [-0.39, 0.29) is 17.7 Å². The molecule has 9 heteroatoms. The Morgan fingerprint density at radius 1 is 1.33 bits per heavy atom. The van der Waals surface area contributed by atoms with Crippen LogP contribution in [0, 0.1) is 0 Å². The van der Waals surface area contributed by atoms with Gasteiger partial charge in [0.1, 0.15) is 6.10 Å². The SMILES string of the molecule is O=c1ccc(OC2CCOC2)nn1Cc1ncccc1C(F)(F)F. The number of nitrogens with zero attached hydrogens (tertiary/aromatic N) is 3. The fourth-order valence-corrected chi connectivity index (χ4v) is 2.35. The summed E-state index contributed by atoms with van der Waals surface area (Å²) >= 11 is 0. The van der Waals surface area contributed by atoms with Gasteiger partial charge in [-0.05, 0) is 12.1 Å². The van der Waals surface area contributed by atoms with E-state index in [0.717, 1.165) is 10.7 Å². The van der Waals surface area contributed by atoms with E-state index in [1.165, 1.54) is 24.4 Å². The van der Waals surface area contributed by atoms with Crippen LogP contribution in [-0.2, 0) is 17.5 Å². The minimum Gasteiger partial charge on any atom is -0.471 e. The maximum atomic E-state index is 13.0. The number of alkyl halides is 3. The molecule has 128 valence electrons. The van der Waals surface area contributed by atoms with Gasteiger partial charge in [-0.3, -0.25) is 9.78 Å². The lowest BCUT2D eigenvalue weighted by Crippen LogP contribution is -2.26. The molecule has 0 aliphatic carbocycles. The average molecular weight is 341 g/mol. The first-order valence-corrected chi connectivity index (χ1v) is 7.27. The average Bonchev–Trinajstić information content (AvgIpc) is 3.03. The highest BCUT2D eigenvalue weighted by Crippen LogP contribution is 2.31. The molecule has 2 aromatic heterocycles. The van der Waals surface area contributed by atoms with Crippen molar-refractivity contribution in [3.8, 4) is 5.88 Å². The molecule has 2 aromatic rings. The third-order valence-electron chi connectivity index (χ3n) is 3.51. The quantitative estimate of drug-likeness (QED) is 0.849. The zero-order chi connectivity index (χ0) is 17.2. The minimum absolute atomic E-state index is 0.162. The van der Waals surface area contributed by atoms with Gasteiger partial charge < -0.3 is 9.47 Å². The summed E-state index contributed by atoms with van der Waals surface area (Å²) in [6.07, 6.45) is -2.79. The molecule has 0 radical (unpaired) electrons. The largest absolute Gasteiger partial charge is 0.471 e. The lowest BCUT2D eigenvalue weighted by molar-refractivity contribution is -0.138. The summed E-state index contributed by atoms with van der Waals surface area (Å²) in [4.78, 5) is 15.6. The van der Waals surface area contributed by atoms with Crippen LogP contribution in [0.5, 0.6) is 5.88 Å². The molecule has 3 heterocycles. The smallest absolute Gasteiger partial charge is 0.418 e. The molecule has 1 aliphatic heterocycles. The first kappa shape index (κ1) is 16.4. The van der Waals surface area contributed by atoms with Crippen LogP contribution in [0.25, 0.3) is 0 Å². The van der Waals surface area contributed by atoms with Gasteiger partial charge in [0.15, 0.2) is 0 Å². The Bertz CT molecular complexity index is 770. The van der Waals surface area contributed by atoms with Gasteiger partial charge in [0.05, 0.1) is 31.0 Å². The molecule has 0 spiro atoms. The van der Waals surface area contributed by atoms with Crippen molar-refractivity contribution in [2.24, 2.45) is 0 Å². The summed E-state index contributed by atoms with van der Waals surface area (Å²) in [7, 11) is 0. The lowest BCUT2D eigenvalue weighted by atomic mass is 10.2. The van der Waals surface area contributed by atoms with Crippen LogP contribution in [0.4, 0.5) is 13.2 Å². The second-order valence-electron chi connectivity index (χ2n) is 5.27. The molecule has 1 fully saturated rings. The van der Waals surface area contributed by atoms with E-state index in [2.05, 4.69) is 10.1 Å². The van der Waals surface area contributed by atoms with Crippen LogP contribution in [0.3, 0.4) is 0 Å². The molecule has 1 saturated heterocycles. The molecule has 0 saturated carbocycles. The van der Waals surface area contributed by atoms with Crippen molar-refractivity contribution in [2.75, 3.05) is 13.2 Å². The Labute approximate surface area is 134 Å². The van der Waals surface area contributed by atoms with E-state index in [4.69, 9.17) is 9.47 Å². The molecule has 0 amide bonds.